The van der Waals surface area contributed by atoms with Gasteiger partial charge >= 0.3 is 5.97 Å². The first-order valence-electron chi connectivity index (χ1n) is 13.3. The number of hydrogen-bond acceptors (Lipinski definition) is 4. The minimum Gasteiger partial charge on any atom is -0.490 e. The number of aryl methyl sites for hydroxylation is 1. The summed E-state index contributed by atoms with van der Waals surface area (Å²) in [7, 11) is 0. The number of carbonyl (C=O) groups is 1. The van der Waals surface area contributed by atoms with E-state index in [0.717, 1.165) is 74.5 Å². The fraction of sp³-hybridized carbons (Fsp3) is 0.500. The lowest BCUT2D eigenvalue weighted by atomic mass is 9.68. The van der Waals surface area contributed by atoms with Gasteiger partial charge in [0.1, 0.15) is 5.75 Å². The summed E-state index contributed by atoms with van der Waals surface area (Å²) >= 11 is 6.34. The van der Waals surface area contributed by atoms with E-state index in [2.05, 4.69) is 30.0 Å². The molecule has 5 rings (SSSR count). The molecule has 192 valence electrons. The molecule has 2 aliphatic carbocycles. The van der Waals surface area contributed by atoms with Gasteiger partial charge in [-0.2, -0.15) is 0 Å². The van der Waals surface area contributed by atoms with Crippen molar-refractivity contribution in [1.29, 1.82) is 0 Å². The molecule has 1 heterocycles. The highest BCUT2D eigenvalue weighted by atomic mass is 35.5. The maximum Gasteiger partial charge on any atom is 0.335 e. The van der Waals surface area contributed by atoms with Crippen LogP contribution in [0.4, 0.5) is 5.69 Å². The molecule has 0 saturated heterocycles. The average molecular weight is 510 g/mol. The molecule has 0 amide bonds. The number of hydrogen-bond donors (Lipinski definition) is 2. The van der Waals surface area contributed by atoms with Gasteiger partial charge < -0.3 is 19.8 Å². The van der Waals surface area contributed by atoms with E-state index in [1.807, 2.05) is 12.1 Å². The Balaban J connectivity index is 1.48. The van der Waals surface area contributed by atoms with E-state index in [0.29, 0.717) is 12.5 Å². The van der Waals surface area contributed by atoms with E-state index < -0.39 is 12.1 Å². The molecule has 4 atom stereocenters. The van der Waals surface area contributed by atoms with Crippen LogP contribution in [-0.4, -0.2) is 42.0 Å². The van der Waals surface area contributed by atoms with Gasteiger partial charge in [0.25, 0.3) is 0 Å². The molecule has 36 heavy (non-hydrogen) atoms. The van der Waals surface area contributed by atoms with Crippen molar-refractivity contribution in [2.45, 2.75) is 63.4 Å². The van der Waals surface area contributed by atoms with Gasteiger partial charge in [-0.3, -0.25) is 0 Å². The monoisotopic (exact) mass is 509 g/mol. The number of ether oxygens (including phenoxy) is 1. The summed E-state index contributed by atoms with van der Waals surface area (Å²) in [6.45, 7) is 4.21. The zero-order chi connectivity index (χ0) is 25.3. The van der Waals surface area contributed by atoms with Crippen LogP contribution in [0.25, 0.3) is 0 Å². The summed E-state index contributed by atoms with van der Waals surface area (Å²) in [5, 5.41) is 21.3. The van der Waals surface area contributed by atoms with Crippen molar-refractivity contribution in [2.75, 3.05) is 24.6 Å². The highest BCUT2D eigenvalue weighted by Crippen LogP contribution is 2.46. The number of aliphatic hydroxyl groups excluding tert-OH is 1. The predicted molar refractivity (Wildman–Crippen MR) is 143 cm³/mol. The van der Waals surface area contributed by atoms with Gasteiger partial charge in [0.2, 0.25) is 0 Å². The van der Waals surface area contributed by atoms with Crippen LogP contribution >= 0.6 is 11.6 Å². The van der Waals surface area contributed by atoms with Crippen LogP contribution in [0.5, 0.6) is 5.75 Å². The summed E-state index contributed by atoms with van der Waals surface area (Å²) in [5.41, 5.74) is 3.49. The number of aromatic carboxylic acids is 1. The Morgan fingerprint density at radius 3 is 2.89 bits per heavy atom. The summed E-state index contributed by atoms with van der Waals surface area (Å²) < 4.78 is 6.44. The molecular formula is C30H36ClNO4. The third-order valence-corrected chi connectivity index (χ3v) is 8.68. The van der Waals surface area contributed by atoms with Gasteiger partial charge in [0.05, 0.1) is 24.0 Å². The van der Waals surface area contributed by atoms with Crippen LogP contribution in [0.3, 0.4) is 0 Å². The number of aliphatic hydroxyl groups is 1. The summed E-state index contributed by atoms with van der Waals surface area (Å²) in [6.07, 6.45) is 10.8. The van der Waals surface area contributed by atoms with E-state index >= 15 is 0 Å². The number of allylic oxidation sites excluding steroid dienone is 1. The van der Waals surface area contributed by atoms with Gasteiger partial charge in [-0.15, -0.1) is 0 Å². The SMILES string of the molecule is CCCC=C[C@H](O)[C@@H]1CC[C@H]1CN1CC2(CCCc3cc(Cl)ccc32)COc2ccc(C(=O)O)cc21. The van der Waals surface area contributed by atoms with Crippen LogP contribution in [0, 0.1) is 11.8 Å². The second-order valence-corrected chi connectivity index (χ2v) is 11.2. The standard InChI is InChI=1S/C30H36ClNO4/c1-2-3-4-7-27(33)24-11-8-22(24)17-32-18-30(14-5-6-20-15-23(31)10-12-25(20)30)19-36-28-13-9-21(29(34)35)16-26(28)32/h4,7,9-10,12-13,15-16,22,24,27,33H,2-3,5-6,8,11,14,17-19H2,1H3,(H,34,35)/t22-,24+,27-,30?/m0/s1. The topological polar surface area (TPSA) is 70.0 Å². The predicted octanol–water partition coefficient (Wildman–Crippen LogP) is 6.25. The number of carboxylic acid groups (broad SMARTS) is 1. The smallest absolute Gasteiger partial charge is 0.335 e. The molecule has 2 N–H and O–H groups in total. The zero-order valence-corrected chi connectivity index (χ0v) is 21.7. The van der Waals surface area contributed by atoms with Gasteiger partial charge in [0.15, 0.2) is 0 Å². The molecule has 1 aliphatic heterocycles. The third-order valence-electron chi connectivity index (χ3n) is 8.44. The number of carboxylic acids is 1. The van der Waals surface area contributed by atoms with Crippen molar-refractivity contribution in [1.82, 2.24) is 0 Å². The lowest BCUT2D eigenvalue weighted by Gasteiger charge is -2.45. The largest absolute Gasteiger partial charge is 0.490 e. The van der Waals surface area contributed by atoms with E-state index in [4.69, 9.17) is 16.3 Å². The number of rotatable bonds is 7. The normalized spacial score (nSPS) is 26.0. The maximum atomic E-state index is 11.8. The Morgan fingerprint density at radius 2 is 2.14 bits per heavy atom. The fourth-order valence-corrected chi connectivity index (χ4v) is 6.54. The molecule has 0 aromatic heterocycles. The number of benzene rings is 2. The molecule has 0 bridgehead atoms. The molecule has 1 spiro atoms. The van der Waals surface area contributed by atoms with E-state index in [9.17, 15) is 15.0 Å². The van der Waals surface area contributed by atoms with Crippen molar-refractivity contribution in [3.05, 3.63) is 70.3 Å². The van der Waals surface area contributed by atoms with E-state index in [1.54, 1.807) is 18.2 Å². The van der Waals surface area contributed by atoms with Crippen LogP contribution in [0.1, 0.15) is 66.9 Å². The van der Waals surface area contributed by atoms with Gasteiger partial charge in [0, 0.05) is 23.5 Å². The fourth-order valence-electron chi connectivity index (χ4n) is 6.35. The molecule has 1 saturated carbocycles. The Kier molecular flexibility index (Phi) is 7.32. The van der Waals surface area contributed by atoms with Crippen LogP contribution < -0.4 is 9.64 Å². The molecule has 1 fully saturated rings. The molecule has 5 nitrogen and oxygen atoms in total. The van der Waals surface area contributed by atoms with E-state index in [-0.39, 0.29) is 16.9 Å². The van der Waals surface area contributed by atoms with Crippen molar-refractivity contribution < 1.29 is 19.7 Å². The van der Waals surface area contributed by atoms with Gasteiger partial charge in [-0.1, -0.05) is 43.2 Å². The molecule has 0 radical (unpaired) electrons. The summed E-state index contributed by atoms with van der Waals surface area (Å²) in [4.78, 5) is 14.2. The second-order valence-electron chi connectivity index (χ2n) is 10.8. The first kappa shape index (κ1) is 25.2. The summed E-state index contributed by atoms with van der Waals surface area (Å²) in [6, 6.07) is 11.4. The number of halogens is 1. The number of anilines is 1. The van der Waals surface area contributed by atoms with Crippen LogP contribution in [-0.2, 0) is 11.8 Å². The first-order valence-corrected chi connectivity index (χ1v) is 13.7. The van der Waals surface area contributed by atoms with Crippen molar-refractivity contribution in [3.8, 4) is 5.75 Å². The molecule has 2 aromatic carbocycles. The highest BCUT2D eigenvalue weighted by Gasteiger charge is 2.44. The molecule has 2 aromatic rings. The van der Waals surface area contributed by atoms with Crippen LogP contribution in [0.15, 0.2) is 48.6 Å². The van der Waals surface area contributed by atoms with Crippen molar-refractivity contribution >= 4 is 23.3 Å². The molecular weight excluding hydrogens is 474 g/mol. The Morgan fingerprint density at radius 1 is 1.28 bits per heavy atom. The quantitative estimate of drug-likeness (QED) is 0.431. The first-order chi connectivity index (χ1) is 17.4. The lowest BCUT2D eigenvalue weighted by Crippen LogP contribution is -2.49. The molecule has 1 unspecified atom stereocenters. The van der Waals surface area contributed by atoms with Gasteiger partial charge in [-0.25, -0.2) is 4.79 Å². The van der Waals surface area contributed by atoms with Crippen molar-refractivity contribution in [3.63, 3.8) is 0 Å². The zero-order valence-electron chi connectivity index (χ0n) is 21.0. The minimum atomic E-state index is -0.938. The average Bonchev–Trinajstić information content (AvgIpc) is 2.99. The Hall–Kier alpha value is -2.50. The number of fused-ring (bicyclic) bond motifs is 3. The third kappa shape index (κ3) is 4.88. The number of nitrogens with zero attached hydrogens (tertiary/aromatic N) is 1. The number of unbranched alkanes of at least 4 members (excludes halogenated alkanes) is 1. The second kappa shape index (κ2) is 10.5. The lowest BCUT2D eigenvalue weighted by molar-refractivity contribution is 0.0456. The van der Waals surface area contributed by atoms with E-state index in [1.165, 1.54) is 11.1 Å². The maximum absolute atomic E-state index is 11.8. The Labute approximate surface area is 218 Å². The molecule has 6 heteroatoms. The minimum absolute atomic E-state index is 0.195. The Bertz CT molecular complexity index is 1150. The highest BCUT2D eigenvalue weighted by molar-refractivity contribution is 6.30. The molecule has 3 aliphatic rings. The van der Waals surface area contributed by atoms with Crippen molar-refractivity contribution in [2.24, 2.45) is 11.8 Å². The summed E-state index contributed by atoms with van der Waals surface area (Å²) in [5.74, 6) is 0.363. The van der Waals surface area contributed by atoms with Gasteiger partial charge in [-0.05, 0) is 91.8 Å². The van der Waals surface area contributed by atoms with Crippen LogP contribution in [0.2, 0.25) is 5.02 Å².